The normalized spacial score (nSPS) is 19.4. The first-order chi connectivity index (χ1) is 20.3. The molecule has 10 heteroatoms. The maximum absolute atomic E-state index is 14.5. The average molecular weight is 621 g/mol. The van der Waals surface area contributed by atoms with Crippen LogP contribution in [0.2, 0.25) is 0 Å². The third kappa shape index (κ3) is 9.67. The highest BCUT2D eigenvalue weighted by Gasteiger charge is 2.48. The molecular formula is C34H60N4O6. The molecule has 0 bridgehead atoms. The number of ketones is 1. The zero-order chi connectivity index (χ0) is 33.6. The molecule has 0 aromatic rings. The van der Waals surface area contributed by atoms with Crippen LogP contribution in [-0.2, 0) is 23.9 Å². The number of nitrogens with one attached hydrogen (secondary N) is 2. The van der Waals surface area contributed by atoms with Crippen LogP contribution in [0.5, 0.6) is 0 Å². The Hall–Kier alpha value is -2.65. The monoisotopic (exact) mass is 620 g/mol. The van der Waals surface area contributed by atoms with E-state index < -0.39 is 58.7 Å². The molecule has 2 aliphatic rings. The molecule has 2 rings (SSSR count). The van der Waals surface area contributed by atoms with Crippen molar-refractivity contribution < 1.29 is 28.7 Å². The Morgan fingerprint density at radius 1 is 0.955 bits per heavy atom. The smallest absolute Gasteiger partial charge is 0.408 e. The van der Waals surface area contributed by atoms with Gasteiger partial charge in [0.25, 0.3) is 5.91 Å². The third-order valence-electron chi connectivity index (χ3n) is 9.89. The van der Waals surface area contributed by atoms with Crippen LogP contribution in [0.4, 0.5) is 4.79 Å². The van der Waals surface area contributed by atoms with Crippen LogP contribution in [0.25, 0.3) is 0 Å². The van der Waals surface area contributed by atoms with Gasteiger partial charge < -0.3 is 26.0 Å². The molecule has 0 spiro atoms. The molecule has 0 aromatic carbocycles. The fraction of sp³-hybridized carbons (Fsp3) is 0.853. The van der Waals surface area contributed by atoms with E-state index in [2.05, 4.69) is 24.5 Å². The summed E-state index contributed by atoms with van der Waals surface area (Å²) in [6.07, 6.45) is 7.17. The number of carbonyl (C=O) groups is 5. The lowest BCUT2D eigenvalue weighted by atomic mass is 9.57. The number of nitrogens with zero attached hydrogens (tertiary/aromatic N) is 1. The topological polar surface area (TPSA) is 148 Å². The molecule has 4 N–H and O–H groups in total. The minimum atomic E-state index is -1.08. The molecule has 0 aliphatic heterocycles. The summed E-state index contributed by atoms with van der Waals surface area (Å²) in [5.74, 6) is -2.33. The second-order valence-corrected chi connectivity index (χ2v) is 15.6. The van der Waals surface area contributed by atoms with Crippen LogP contribution in [-0.4, -0.2) is 64.8 Å². The second kappa shape index (κ2) is 15.1. The number of ether oxygens (including phenoxy) is 1. The molecule has 0 saturated heterocycles. The van der Waals surface area contributed by atoms with E-state index in [0.717, 1.165) is 44.9 Å². The average Bonchev–Trinajstić information content (AvgIpc) is 2.84. The number of alkyl carbamates (subject to hydrolysis) is 1. The first kappa shape index (κ1) is 37.5. The van der Waals surface area contributed by atoms with Crippen LogP contribution in [0.3, 0.4) is 0 Å². The summed E-state index contributed by atoms with van der Waals surface area (Å²) in [5, 5.41) is 5.67. The number of rotatable bonds is 15. The minimum absolute atomic E-state index is 0.0637. The van der Waals surface area contributed by atoms with E-state index in [4.69, 9.17) is 10.5 Å². The summed E-state index contributed by atoms with van der Waals surface area (Å²) in [5.41, 5.74) is 4.01. The number of primary amides is 1. The van der Waals surface area contributed by atoms with Gasteiger partial charge in [0.2, 0.25) is 17.6 Å². The number of nitrogens with two attached hydrogens (primary N) is 1. The van der Waals surface area contributed by atoms with E-state index in [0.29, 0.717) is 18.8 Å². The molecule has 10 nitrogen and oxygen atoms in total. The number of Topliss-reactive ketones (excluding diaryl/α,β-unsaturated/α-hetero) is 1. The van der Waals surface area contributed by atoms with Crippen LogP contribution in [0, 0.1) is 28.6 Å². The van der Waals surface area contributed by atoms with E-state index >= 15 is 0 Å². The van der Waals surface area contributed by atoms with Crippen LogP contribution >= 0.6 is 0 Å². The van der Waals surface area contributed by atoms with Gasteiger partial charge in [0.05, 0.1) is 6.04 Å². The van der Waals surface area contributed by atoms with E-state index in [1.807, 2.05) is 34.6 Å². The zero-order valence-corrected chi connectivity index (χ0v) is 29.0. The van der Waals surface area contributed by atoms with Crippen molar-refractivity contribution in [1.82, 2.24) is 15.5 Å². The summed E-state index contributed by atoms with van der Waals surface area (Å²) < 4.78 is 5.49. The van der Waals surface area contributed by atoms with E-state index in [9.17, 15) is 24.0 Å². The molecule has 2 saturated carbocycles. The van der Waals surface area contributed by atoms with Crippen molar-refractivity contribution in [1.29, 1.82) is 0 Å². The Labute approximate surface area is 265 Å². The molecule has 0 heterocycles. The van der Waals surface area contributed by atoms with Gasteiger partial charge in [-0.05, 0) is 82.0 Å². The SMILES string of the molecule is CC[C@@H](CC1(C(C)C)CCC1)[C@@H](C(=O)NC(CC1CCC1)C(=O)C(N)=O)N(CC)C(=O)[C@@H](NC(=O)OC(C)(C)C)C(C)(C)C. The lowest BCUT2D eigenvalue weighted by molar-refractivity contribution is -0.148. The fourth-order valence-electron chi connectivity index (χ4n) is 6.71. The Kier molecular flexibility index (Phi) is 12.9. The summed E-state index contributed by atoms with van der Waals surface area (Å²) >= 11 is 0. The molecule has 44 heavy (non-hydrogen) atoms. The first-order valence-electron chi connectivity index (χ1n) is 16.7. The summed E-state index contributed by atoms with van der Waals surface area (Å²) in [6, 6.07) is -2.94. The van der Waals surface area contributed by atoms with Gasteiger partial charge in [-0.2, -0.15) is 0 Å². The predicted octanol–water partition coefficient (Wildman–Crippen LogP) is 5.11. The van der Waals surface area contributed by atoms with Crippen molar-refractivity contribution in [2.75, 3.05) is 6.54 Å². The Morgan fingerprint density at radius 3 is 1.91 bits per heavy atom. The number of likely N-dealkylation sites (N-methyl/N-ethyl adjacent to an activating group) is 1. The largest absolute Gasteiger partial charge is 0.444 e. The second-order valence-electron chi connectivity index (χ2n) is 15.6. The maximum atomic E-state index is 14.5. The lowest BCUT2D eigenvalue weighted by Crippen LogP contribution is -2.63. The number of hydrogen-bond acceptors (Lipinski definition) is 6. The van der Waals surface area contributed by atoms with E-state index in [1.165, 1.54) is 0 Å². The molecule has 1 unspecified atom stereocenters. The van der Waals surface area contributed by atoms with Gasteiger partial charge in [-0.3, -0.25) is 19.2 Å². The molecule has 4 atom stereocenters. The van der Waals surface area contributed by atoms with E-state index in [-0.39, 0.29) is 23.8 Å². The van der Waals surface area contributed by atoms with Crippen molar-refractivity contribution >= 4 is 29.6 Å². The van der Waals surface area contributed by atoms with Crippen LogP contribution in [0.15, 0.2) is 0 Å². The molecule has 2 aliphatic carbocycles. The predicted molar refractivity (Wildman–Crippen MR) is 171 cm³/mol. The van der Waals surface area contributed by atoms with Gasteiger partial charge in [-0.15, -0.1) is 0 Å². The first-order valence-corrected chi connectivity index (χ1v) is 16.7. The number of hydrogen-bond donors (Lipinski definition) is 3. The van der Waals surface area contributed by atoms with Gasteiger partial charge >= 0.3 is 6.09 Å². The van der Waals surface area contributed by atoms with E-state index in [1.54, 1.807) is 25.7 Å². The number of carbonyl (C=O) groups excluding carboxylic acids is 5. The maximum Gasteiger partial charge on any atom is 0.408 e. The van der Waals surface area contributed by atoms with Gasteiger partial charge in [0, 0.05) is 6.54 Å². The highest BCUT2D eigenvalue weighted by molar-refractivity contribution is 6.37. The molecule has 0 aromatic heterocycles. The minimum Gasteiger partial charge on any atom is -0.444 e. The third-order valence-corrected chi connectivity index (χ3v) is 9.89. The summed E-state index contributed by atoms with van der Waals surface area (Å²) in [4.78, 5) is 68.2. The molecule has 0 radical (unpaired) electrons. The van der Waals surface area contributed by atoms with Gasteiger partial charge in [0.1, 0.15) is 17.7 Å². The van der Waals surface area contributed by atoms with Crippen molar-refractivity contribution in [2.45, 2.75) is 151 Å². The van der Waals surface area contributed by atoms with Crippen molar-refractivity contribution in [3.05, 3.63) is 0 Å². The highest BCUT2D eigenvalue weighted by atomic mass is 16.6. The van der Waals surface area contributed by atoms with Crippen LogP contribution in [0.1, 0.15) is 127 Å². The van der Waals surface area contributed by atoms with Crippen LogP contribution < -0.4 is 16.4 Å². The number of amides is 4. The Balaban J connectivity index is 2.54. The lowest BCUT2D eigenvalue weighted by Gasteiger charge is -2.50. The van der Waals surface area contributed by atoms with Crippen molar-refractivity contribution in [2.24, 2.45) is 34.3 Å². The van der Waals surface area contributed by atoms with Gasteiger partial charge in [0.15, 0.2) is 0 Å². The van der Waals surface area contributed by atoms with Crippen molar-refractivity contribution in [3.8, 4) is 0 Å². The van der Waals surface area contributed by atoms with Crippen molar-refractivity contribution in [3.63, 3.8) is 0 Å². The Bertz CT molecular complexity index is 1040. The highest BCUT2D eigenvalue weighted by Crippen LogP contribution is 2.52. The van der Waals surface area contributed by atoms with Gasteiger partial charge in [-0.25, -0.2) is 4.79 Å². The summed E-state index contributed by atoms with van der Waals surface area (Å²) in [6.45, 7) is 19.3. The quantitative estimate of drug-likeness (QED) is 0.217. The summed E-state index contributed by atoms with van der Waals surface area (Å²) in [7, 11) is 0. The molecular weight excluding hydrogens is 560 g/mol. The standard InChI is InChI=1S/C34H60N4O6/c1-11-23(20-34(21(3)4)17-14-18-34)25(29(41)36-24(26(39)28(35)40)19-22-15-13-16-22)38(12-2)30(42)27(32(5,6)7)37-31(43)44-33(8,9)10/h21-25,27H,11-20H2,1-10H3,(H2,35,40)(H,36,41)(H,37,43)/t23-,24?,25-,27+/m0/s1. The Morgan fingerprint density at radius 2 is 1.55 bits per heavy atom. The molecule has 252 valence electrons. The molecule has 4 amide bonds. The zero-order valence-electron chi connectivity index (χ0n) is 29.0. The van der Waals surface area contributed by atoms with Gasteiger partial charge in [-0.1, -0.05) is 73.6 Å². The molecule has 2 fully saturated rings. The fourth-order valence-corrected chi connectivity index (χ4v) is 6.71.